The molecule has 1 N–H and O–H groups in total. The molecule has 0 aliphatic carbocycles. The molecule has 16 heavy (non-hydrogen) atoms. The van der Waals surface area contributed by atoms with Gasteiger partial charge in [0.15, 0.2) is 5.82 Å². The summed E-state index contributed by atoms with van der Waals surface area (Å²) in [6, 6.07) is 2.94. The molecule has 0 saturated heterocycles. The van der Waals surface area contributed by atoms with E-state index in [1.807, 2.05) is 0 Å². The fourth-order valence-electron chi connectivity index (χ4n) is 1.41. The molecule has 0 aliphatic rings. The molecule has 1 aromatic heterocycles. The summed E-state index contributed by atoms with van der Waals surface area (Å²) in [4.78, 5) is 13.9. The number of H-pyrrole nitrogens is 1. The van der Waals surface area contributed by atoms with Crippen LogP contribution in [0, 0.1) is 5.82 Å². The fraction of sp³-hybridized carbons (Fsp3) is 0.100. The molecule has 1 heterocycles. The first-order chi connectivity index (χ1) is 7.54. The van der Waals surface area contributed by atoms with Gasteiger partial charge in [-0.3, -0.25) is 0 Å². The molecule has 0 atom stereocenters. The fourth-order valence-corrected chi connectivity index (χ4v) is 2.28. The van der Waals surface area contributed by atoms with Crippen LogP contribution in [0.5, 0.6) is 0 Å². The largest absolute Gasteiger partial charge is 0.464 e. The van der Waals surface area contributed by atoms with Crippen molar-refractivity contribution in [1.82, 2.24) is 4.98 Å². The zero-order chi connectivity index (χ0) is 11.9. The maximum atomic E-state index is 13.6. The minimum atomic E-state index is -0.588. The van der Waals surface area contributed by atoms with E-state index in [-0.39, 0.29) is 16.2 Å². The van der Waals surface area contributed by atoms with Gasteiger partial charge in [-0.05, 0) is 12.1 Å². The van der Waals surface area contributed by atoms with Gasteiger partial charge in [-0.15, -0.1) is 0 Å². The van der Waals surface area contributed by atoms with E-state index in [1.54, 1.807) is 0 Å². The number of aromatic amines is 1. The summed E-state index contributed by atoms with van der Waals surface area (Å²) in [6.45, 7) is 0. The third-order valence-corrected chi connectivity index (χ3v) is 3.09. The van der Waals surface area contributed by atoms with Gasteiger partial charge < -0.3 is 9.72 Å². The van der Waals surface area contributed by atoms with Crippen LogP contribution in [0.1, 0.15) is 10.5 Å². The number of nitrogens with one attached hydrogen (secondary N) is 1. The lowest BCUT2D eigenvalue weighted by molar-refractivity contribution is 0.0595. The molecule has 2 aromatic rings. The number of aromatic nitrogens is 1. The normalized spacial score (nSPS) is 10.8. The zero-order valence-corrected chi connectivity index (χ0v) is 10.4. The molecule has 6 heteroatoms. The first kappa shape index (κ1) is 11.4. The minimum absolute atomic E-state index is 0.0161. The Hall–Kier alpha value is -1.07. The van der Waals surface area contributed by atoms with Crippen LogP contribution in [0.3, 0.4) is 0 Å². The Labute approximate surface area is 104 Å². The Morgan fingerprint density at radius 3 is 2.88 bits per heavy atom. The van der Waals surface area contributed by atoms with Crippen molar-refractivity contribution < 1.29 is 13.9 Å². The second-order valence-corrected chi connectivity index (χ2v) is 4.38. The van der Waals surface area contributed by atoms with Crippen molar-refractivity contribution in [2.45, 2.75) is 0 Å². The number of ether oxygens (including phenoxy) is 1. The van der Waals surface area contributed by atoms with Crippen molar-refractivity contribution in [2.24, 2.45) is 0 Å². The lowest BCUT2D eigenvalue weighted by Gasteiger charge is -1.98. The first-order valence-electron chi connectivity index (χ1n) is 4.29. The summed E-state index contributed by atoms with van der Waals surface area (Å²) in [5.41, 5.74) is 0.360. The number of carbonyl (C=O) groups excluding carboxylic acids is 1. The Kier molecular flexibility index (Phi) is 2.90. The van der Waals surface area contributed by atoms with Crippen LogP contribution in [0.4, 0.5) is 4.39 Å². The number of fused-ring (bicyclic) bond motifs is 1. The highest BCUT2D eigenvalue weighted by Gasteiger charge is 2.16. The molecule has 1 aromatic carbocycles. The van der Waals surface area contributed by atoms with Crippen LogP contribution < -0.4 is 0 Å². The SMILES string of the molecule is COC(=O)c1cc2c(Br)cc(Cl)c(F)c2[nH]1. The summed E-state index contributed by atoms with van der Waals surface area (Å²) >= 11 is 8.92. The van der Waals surface area contributed by atoms with E-state index in [1.165, 1.54) is 19.2 Å². The summed E-state index contributed by atoms with van der Waals surface area (Å²) in [6.07, 6.45) is 0. The van der Waals surface area contributed by atoms with E-state index in [2.05, 4.69) is 25.7 Å². The molecule has 2 rings (SSSR count). The number of hydrogen-bond donors (Lipinski definition) is 1. The third-order valence-electron chi connectivity index (χ3n) is 2.16. The van der Waals surface area contributed by atoms with Crippen molar-refractivity contribution in [3.05, 3.63) is 33.1 Å². The number of rotatable bonds is 1. The van der Waals surface area contributed by atoms with E-state index >= 15 is 0 Å². The van der Waals surface area contributed by atoms with Gasteiger partial charge >= 0.3 is 5.97 Å². The number of methoxy groups -OCH3 is 1. The standard InChI is InChI=1S/C10H6BrClFNO2/c1-16-10(15)7-2-4-5(11)3-6(12)8(13)9(4)14-7/h2-3,14H,1H3. The quantitative estimate of drug-likeness (QED) is 0.647. The molecule has 0 aliphatic heterocycles. The van der Waals surface area contributed by atoms with E-state index in [4.69, 9.17) is 11.6 Å². The highest BCUT2D eigenvalue weighted by atomic mass is 79.9. The molecule has 0 saturated carbocycles. The second kappa shape index (κ2) is 4.07. The predicted octanol–water partition coefficient (Wildman–Crippen LogP) is 3.51. The molecule has 3 nitrogen and oxygen atoms in total. The van der Waals surface area contributed by atoms with Gasteiger partial charge in [-0.2, -0.15) is 0 Å². The van der Waals surface area contributed by atoms with Gasteiger partial charge in [-0.25, -0.2) is 9.18 Å². The number of halogens is 3. The molecule has 0 bridgehead atoms. The summed E-state index contributed by atoms with van der Waals surface area (Å²) < 4.78 is 18.8. The van der Waals surface area contributed by atoms with Gasteiger partial charge in [-0.1, -0.05) is 27.5 Å². The molecular formula is C10H6BrClFNO2. The topological polar surface area (TPSA) is 42.1 Å². The lowest BCUT2D eigenvalue weighted by Crippen LogP contribution is -2.00. The summed E-state index contributed by atoms with van der Waals surface area (Å²) in [7, 11) is 1.26. The zero-order valence-electron chi connectivity index (χ0n) is 8.11. The second-order valence-electron chi connectivity index (χ2n) is 3.12. The number of carbonyl (C=O) groups is 1. The van der Waals surface area contributed by atoms with Gasteiger partial charge in [0, 0.05) is 9.86 Å². The third kappa shape index (κ3) is 1.70. The maximum Gasteiger partial charge on any atom is 0.354 e. The van der Waals surface area contributed by atoms with E-state index < -0.39 is 11.8 Å². The maximum absolute atomic E-state index is 13.6. The van der Waals surface area contributed by atoms with E-state index in [9.17, 15) is 9.18 Å². The Bertz CT molecular complexity index is 582. The van der Waals surface area contributed by atoms with Crippen LogP contribution in [-0.2, 0) is 4.74 Å². The number of hydrogen-bond acceptors (Lipinski definition) is 2. The molecule has 0 radical (unpaired) electrons. The average Bonchev–Trinajstić information content (AvgIpc) is 2.70. The molecule has 0 amide bonds. The monoisotopic (exact) mass is 305 g/mol. The first-order valence-corrected chi connectivity index (χ1v) is 5.46. The van der Waals surface area contributed by atoms with Crippen molar-refractivity contribution in [1.29, 1.82) is 0 Å². The Morgan fingerprint density at radius 1 is 1.56 bits per heavy atom. The Balaban J connectivity index is 2.74. The highest BCUT2D eigenvalue weighted by molar-refractivity contribution is 9.10. The van der Waals surface area contributed by atoms with Crippen LogP contribution in [0.15, 0.2) is 16.6 Å². The van der Waals surface area contributed by atoms with Crippen molar-refractivity contribution >= 4 is 44.4 Å². The molecule has 84 valence electrons. The van der Waals surface area contributed by atoms with Crippen LogP contribution in [0.25, 0.3) is 10.9 Å². The molecule has 0 fully saturated rings. The predicted molar refractivity (Wildman–Crippen MR) is 62.3 cm³/mol. The number of benzene rings is 1. The van der Waals surface area contributed by atoms with Crippen LogP contribution in [0.2, 0.25) is 5.02 Å². The molecule has 0 unspecified atom stereocenters. The minimum Gasteiger partial charge on any atom is -0.464 e. The van der Waals surface area contributed by atoms with Crippen LogP contribution >= 0.6 is 27.5 Å². The smallest absolute Gasteiger partial charge is 0.354 e. The Morgan fingerprint density at radius 2 is 2.25 bits per heavy atom. The van der Waals surface area contributed by atoms with Gasteiger partial charge in [0.05, 0.1) is 17.6 Å². The van der Waals surface area contributed by atoms with E-state index in [0.717, 1.165) is 0 Å². The average molecular weight is 307 g/mol. The number of esters is 1. The van der Waals surface area contributed by atoms with Gasteiger partial charge in [0.2, 0.25) is 0 Å². The van der Waals surface area contributed by atoms with Gasteiger partial charge in [0.1, 0.15) is 5.69 Å². The summed E-state index contributed by atoms with van der Waals surface area (Å²) in [5, 5.41) is 0.528. The van der Waals surface area contributed by atoms with Crippen LogP contribution in [-0.4, -0.2) is 18.1 Å². The lowest BCUT2D eigenvalue weighted by atomic mass is 10.2. The van der Waals surface area contributed by atoms with Gasteiger partial charge in [0.25, 0.3) is 0 Å². The van der Waals surface area contributed by atoms with Crippen molar-refractivity contribution in [3.8, 4) is 0 Å². The van der Waals surface area contributed by atoms with Crippen molar-refractivity contribution in [2.75, 3.05) is 7.11 Å². The molecular weight excluding hydrogens is 300 g/mol. The summed E-state index contributed by atoms with van der Waals surface area (Å²) in [5.74, 6) is -1.14. The van der Waals surface area contributed by atoms with Crippen molar-refractivity contribution in [3.63, 3.8) is 0 Å². The highest BCUT2D eigenvalue weighted by Crippen LogP contribution is 2.32. The molecule has 0 spiro atoms. The van der Waals surface area contributed by atoms with E-state index in [0.29, 0.717) is 9.86 Å².